The molecule has 0 spiro atoms. The molecule has 0 N–H and O–H groups in total. The Morgan fingerprint density at radius 3 is 2.14 bits per heavy atom. The average Bonchev–Trinajstić information content (AvgIpc) is 2.54. The second-order valence-corrected chi connectivity index (χ2v) is 4.66. The van der Waals surface area contributed by atoms with E-state index in [0.29, 0.717) is 16.8 Å². The molecule has 1 aromatic heterocycles. The fourth-order valence-corrected chi connectivity index (χ4v) is 1.95. The van der Waals surface area contributed by atoms with Crippen LogP contribution in [0.15, 0.2) is 77.0 Å². The van der Waals surface area contributed by atoms with Gasteiger partial charge in [0.15, 0.2) is 11.6 Å². The molecule has 21 heavy (non-hydrogen) atoms. The van der Waals surface area contributed by atoms with Gasteiger partial charge in [-0.2, -0.15) is 0 Å². The molecule has 4 nitrogen and oxygen atoms in total. The van der Waals surface area contributed by atoms with Crippen molar-refractivity contribution in [3.8, 4) is 11.4 Å². The van der Waals surface area contributed by atoms with Gasteiger partial charge in [-0.1, -0.05) is 60.1 Å². The molecule has 2 aromatic carbocycles. The Morgan fingerprint density at radius 2 is 1.43 bits per heavy atom. The van der Waals surface area contributed by atoms with Crippen molar-refractivity contribution in [1.82, 2.24) is 9.97 Å². The van der Waals surface area contributed by atoms with E-state index < -0.39 is 0 Å². The molecule has 0 aliphatic heterocycles. The molecular weight excluding hydrogens is 284 g/mol. The minimum Gasteiger partial charge on any atom is -0.216 e. The summed E-state index contributed by atoms with van der Waals surface area (Å²) in [4.78, 5) is 8.57. The lowest BCUT2D eigenvalue weighted by molar-refractivity contribution is 1.11. The van der Waals surface area contributed by atoms with Crippen molar-refractivity contribution in [3.63, 3.8) is 0 Å². The number of aromatic nitrogens is 2. The van der Waals surface area contributed by atoms with Gasteiger partial charge in [-0.3, -0.25) is 0 Å². The smallest absolute Gasteiger partial charge is 0.179 e. The van der Waals surface area contributed by atoms with Crippen LogP contribution in [-0.4, -0.2) is 9.97 Å². The summed E-state index contributed by atoms with van der Waals surface area (Å²) in [5, 5.41) is 8.58. The first-order valence-corrected chi connectivity index (χ1v) is 6.76. The van der Waals surface area contributed by atoms with E-state index in [1.54, 1.807) is 6.07 Å². The first-order chi connectivity index (χ1) is 10.3. The van der Waals surface area contributed by atoms with Crippen molar-refractivity contribution < 1.29 is 0 Å². The van der Waals surface area contributed by atoms with E-state index in [2.05, 4.69) is 20.2 Å². The lowest BCUT2D eigenvalue weighted by Gasteiger charge is -2.01. The molecule has 0 fully saturated rings. The minimum atomic E-state index is 0.339. The van der Waals surface area contributed by atoms with E-state index in [-0.39, 0.29) is 0 Å². The standard InChI is InChI=1S/C16H11ClN4/c17-14-11-15(21-20-13-9-5-2-6-10-13)19-16(18-14)12-7-3-1-4-8-12/h1-11H. The first kappa shape index (κ1) is 13.4. The van der Waals surface area contributed by atoms with Gasteiger partial charge in [0.1, 0.15) is 5.15 Å². The largest absolute Gasteiger partial charge is 0.216 e. The second kappa shape index (κ2) is 6.24. The maximum atomic E-state index is 6.03. The Hall–Kier alpha value is -2.59. The molecule has 0 aliphatic carbocycles. The summed E-state index contributed by atoms with van der Waals surface area (Å²) >= 11 is 6.03. The molecule has 3 rings (SSSR count). The molecule has 0 radical (unpaired) electrons. The maximum Gasteiger partial charge on any atom is 0.179 e. The number of halogens is 1. The third-order valence-corrected chi connectivity index (χ3v) is 2.93. The van der Waals surface area contributed by atoms with E-state index in [1.165, 1.54) is 0 Å². The van der Waals surface area contributed by atoms with Crippen molar-refractivity contribution in [1.29, 1.82) is 0 Å². The summed E-state index contributed by atoms with van der Waals surface area (Å²) in [5.41, 5.74) is 1.64. The Kier molecular flexibility index (Phi) is 3.98. The van der Waals surface area contributed by atoms with Crippen LogP contribution < -0.4 is 0 Å². The lowest BCUT2D eigenvalue weighted by atomic mass is 10.2. The molecule has 0 bridgehead atoms. The molecule has 0 amide bonds. The molecule has 0 saturated heterocycles. The van der Waals surface area contributed by atoms with Crippen LogP contribution in [0.2, 0.25) is 5.15 Å². The quantitative estimate of drug-likeness (QED) is 0.491. The number of hydrogen-bond donors (Lipinski definition) is 0. The zero-order chi connectivity index (χ0) is 14.5. The van der Waals surface area contributed by atoms with Crippen molar-refractivity contribution in [2.24, 2.45) is 10.2 Å². The van der Waals surface area contributed by atoms with Gasteiger partial charge in [0.25, 0.3) is 0 Å². The topological polar surface area (TPSA) is 50.5 Å². The predicted octanol–water partition coefficient (Wildman–Crippen LogP) is 5.21. The van der Waals surface area contributed by atoms with Gasteiger partial charge >= 0.3 is 0 Å². The van der Waals surface area contributed by atoms with E-state index in [9.17, 15) is 0 Å². The SMILES string of the molecule is Clc1cc(N=Nc2ccccc2)nc(-c2ccccc2)n1. The molecular formula is C16H11ClN4. The highest BCUT2D eigenvalue weighted by Crippen LogP contribution is 2.23. The van der Waals surface area contributed by atoms with Crippen molar-refractivity contribution in [3.05, 3.63) is 71.9 Å². The predicted molar refractivity (Wildman–Crippen MR) is 83.1 cm³/mol. The van der Waals surface area contributed by atoms with Gasteiger partial charge in [0.2, 0.25) is 0 Å². The van der Waals surface area contributed by atoms with Gasteiger partial charge in [-0.15, -0.1) is 10.2 Å². The van der Waals surface area contributed by atoms with Crippen LogP contribution in [0.5, 0.6) is 0 Å². The number of nitrogens with zero attached hydrogens (tertiary/aromatic N) is 4. The van der Waals surface area contributed by atoms with Crippen molar-refractivity contribution in [2.45, 2.75) is 0 Å². The van der Waals surface area contributed by atoms with Gasteiger partial charge in [-0.05, 0) is 12.1 Å². The summed E-state index contributed by atoms with van der Waals surface area (Å²) in [6.45, 7) is 0. The Bertz CT molecular complexity index is 758. The zero-order valence-electron chi connectivity index (χ0n) is 11.0. The van der Waals surface area contributed by atoms with Crippen LogP contribution in [-0.2, 0) is 0 Å². The molecule has 0 saturated carbocycles. The van der Waals surface area contributed by atoms with E-state index in [1.807, 2.05) is 60.7 Å². The van der Waals surface area contributed by atoms with Crippen LogP contribution >= 0.6 is 11.6 Å². The average molecular weight is 295 g/mol. The molecule has 3 aromatic rings. The highest BCUT2D eigenvalue weighted by molar-refractivity contribution is 6.29. The summed E-state index contributed by atoms with van der Waals surface area (Å²) in [7, 11) is 0. The van der Waals surface area contributed by atoms with E-state index in [4.69, 9.17) is 11.6 Å². The van der Waals surface area contributed by atoms with Gasteiger partial charge < -0.3 is 0 Å². The summed E-state index contributed by atoms with van der Waals surface area (Å²) < 4.78 is 0. The fourth-order valence-electron chi connectivity index (χ4n) is 1.78. The molecule has 102 valence electrons. The molecule has 0 aliphatic rings. The summed E-state index contributed by atoms with van der Waals surface area (Å²) in [6.07, 6.45) is 0. The maximum absolute atomic E-state index is 6.03. The highest BCUT2D eigenvalue weighted by atomic mass is 35.5. The highest BCUT2D eigenvalue weighted by Gasteiger charge is 2.05. The minimum absolute atomic E-state index is 0.339. The van der Waals surface area contributed by atoms with Crippen LogP contribution in [0.3, 0.4) is 0 Å². The third kappa shape index (κ3) is 3.49. The summed E-state index contributed by atoms with van der Waals surface area (Å²) in [5.74, 6) is 0.961. The third-order valence-electron chi connectivity index (χ3n) is 2.74. The van der Waals surface area contributed by atoms with E-state index >= 15 is 0 Å². The van der Waals surface area contributed by atoms with Gasteiger partial charge in [-0.25, -0.2) is 9.97 Å². The Morgan fingerprint density at radius 1 is 0.762 bits per heavy atom. The van der Waals surface area contributed by atoms with E-state index in [0.717, 1.165) is 11.3 Å². The lowest BCUT2D eigenvalue weighted by Crippen LogP contribution is -1.89. The van der Waals surface area contributed by atoms with Crippen LogP contribution in [0, 0.1) is 0 Å². The van der Waals surface area contributed by atoms with Gasteiger partial charge in [0.05, 0.1) is 5.69 Å². The van der Waals surface area contributed by atoms with Crippen molar-refractivity contribution in [2.75, 3.05) is 0 Å². The molecule has 5 heteroatoms. The number of benzene rings is 2. The normalized spacial score (nSPS) is 10.9. The molecule has 0 unspecified atom stereocenters. The zero-order valence-corrected chi connectivity index (χ0v) is 11.8. The monoisotopic (exact) mass is 294 g/mol. The number of rotatable bonds is 3. The fraction of sp³-hybridized carbons (Fsp3) is 0. The molecule has 0 atom stereocenters. The Labute approximate surface area is 127 Å². The molecule has 1 heterocycles. The summed E-state index contributed by atoms with van der Waals surface area (Å²) in [6, 6.07) is 20.7. The van der Waals surface area contributed by atoms with Crippen molar-refractivity contribution >= 4 is 23.1 Å². The van der Waals surface area contributed by atoms with Crippen LogP contribution in [0.25, 0.3) is 11.4 Å². The van der Waals surface area contributed by atoms with Crippen LogP contribution in [0.4, 0.5) is 11.5 Å². The first-order valence-electron chi connectivity index (χ1n) is 6.38. The van der Waals surface area contributed by atoms with Gasteiger partial charge in [0, 0.05) is 11.6 Å². The number of azo groups is 1. The second-order valence-electron chi connectivity index (χ2n) is 4.27. The Balaban J connectivity index is 1.93. The van der Waals surface area contributed by atoms with Crippen LogP contribution in [0.1, 0.15) is 0 Å². The number of hydrogen-bond acceptors (Lipinski definition) is 4.